The van der Waals surface area contributed by atoms with Crippen LogP contribution in [0.25, 0.3) is 0 Å². The maximum absolute atomic E-state index is 13.3. The van der Waals surface area contributed by atoms with Gasteiger partial charge in [-0.15, -0.1) is 0 Å². The van der Waals surface area contributed by atoms with Crippen molar-refractivity contribution in [2.75, 3.05) is 5.75 Å². The van der Waals surface area contributed by atoms with Gasteiger partial charge in [-0.3, -0.25) is 9.59 Å². The molecule has 0 saturated heterocycles. The predicted molar refractivity (Wildman–Crippen MR) is 139 cm³/mol. The molecule has 2 amide bonds. The van der Waals surface area contributed by atoms with Crippen LogP contribution >= 0.6 is 35.0 Å². The molecule has 4 nitrogen and oxygen atoms in total. The summed E-state index contributed by atoms with van der Waals surface area (Å²) in [5.41, 5.74) is 2.10. The van der Waals surface area contributed by atoms with Gasteiger partial charge in [-0.05, 0) is 42.5 Å². The van der Waals surface area contributed by atoms with E-state index in [0.29, 0.717) is 35.2 Å². The van der Waals surface area contributed by atoms with Gasteiger partial charge in [-0.2, -0.15) is 11.8 Å². The van der Waals surface area contributed by atoms with Crippen molar-refractivity contribution in [1.29, 1.82) is 0 Å². The molecule has 0 radical (unpaired) electrons. The maximum Gasteiger partial charge on any atom is 0.243 e. The number of nitrogens with zero attached hydrogens (tertiary/aromatic N) is 1. The van der Waals surface area contributed by atoms with Gasteiger partial charge in [0.25, 0.3) is 0 Å². The fourth-order valence-corrected chi connectivity index (χ4v) is 5.40. The Hall–Kier alpha value is -1.69. The molecule has 1 atom stereocenters. The summed E-state index contributed by atoms with van der Waals surface area (Å²) in [5, 5.41) is 4.10. The van der Waals surface area contributed by atoms with Crippen LogP contribution in [0.1, 0.15) is 56.6 Å². The third-order valence-electron chi connectivity index (χ3n) is 6.00. The van der Waals surface area contributed by atoms with Crippen LogP contribution in [0.15, 0.2) is 48.5 Å². The Labute approximate surface area is 211 Å². The van der Waals surface area contributed by atoms with Crippen LogP contribution in [0.3, 0.4) is 0 Å². The first kappa shape index (κ1) is 25.9. The van der Waals surface area contributed by atoms with E-state index in [1.807, 2.05) is 31.2 Å². The van der Waals surface area contributed by atoms with Crippen molar-refractivity contribution >= 4 is 46.8 Å². The zero-order chi connectivity index (χ0) is 23.6. The number of hydrogen-bond donors (Lipinski definition) is 1. The van der Waals surface area contributed by atoms with Gasteiger partial charge in [0.1, 0.15) is 6.04 Å². The number of thioether (sulfide) groups is 1. The van der Waals surface area contributed by atoms with Crippen LogP contribution in [0.5, 0.6) is 0 Å². The lowest BCUT2D eigenvalue weighted by molar-refractivity contribution is -0.141. The first-order valence-corrected chi connectivity index (χ1v) is 13.5. The molecule has 0 heterocycles. The molecule has 1 aliphatic carbocycles. The van der Waals surface area contributed by atoms with E-state index in [2.05, 4.69) is 17.4 Å². The Bertz CT molecular complexity index is 920. The van der Waals surface area contributed by atoms with E-state index in [-0.39, 0.29) is 17.9 Å². The molecule has 0 aromatic heterocycles. The molecule has 1 fully saturated rings. The van der Waals surface area contributed by atoms with Gasteiger partial charge in [-0.1, -0.05) is 79.4 Å². The molecule has 1 N–H and O–H groups in total. The molecule has 2 aromatic carbocycles. The highest BCUT2D eigenvalue weighted by molar-refractivity contribution is 7.98. The predicted octanol–water partition coefficient (Wildman–Crippen LogP) is 6.48. The minimum Gasteiger partial charge on any atom is -0.352 e. The fraction of sp³-hybridized carbons (Fsp3) is 0.462. The highest BCUT2D eigenvalue weighted by Gasteiger charge is 2.30. The topological polar surface area (TPSA) is 49.4 Å². The van der Waals surface area contributed by atoms with E-state index in [4.69, 9.17) is 23.2 Å². The van der Waals surface area contributed by atoms with Gasteiger partial charge >= 0.3 is 0 Å². The second kappa shape index (κ2) is 13.3. The lowest BCUT2D eigenvalue weighted by Crippen LogP contribution is -2.51. The minimum atomic E-state index is -0.508. The Balaban J connectivity index is 1.67. The largest absolute Gasteiger partial charge is 0.352 e. The van der Waals surface area contributed by atoms with Crippen LogP contribution in [-0.4, -0.2) is 34.6 Å². The molecule has 0 bridgehead atoms. The zero-order valence-corrected chi connectivity index (χ0v) is 21.4. The molecule has 1 aliphatic rings. The smallest absolute Gasteiger partial charge is 0.243 e. The third-order valence-corrected chi connectivity index (χ3v) is 7.77. The van der Waals surface area contributed by atoms with Crippen molar-refractivity contribution in [3.8, 4) is 0 Å². The molecule has 33 heavy (non-hydrogen) atoms. The molecular formula is C26H32Cl2N2O2S. The third kappa shape index (κ3) is 7.94. The number of hydrogen-bond acceptors (Lipinski definition) is 3. The molecule has 0 aliphatic heterocycles. The molecule has 3 rings (SSSR count). The molecule has 2 aromatic rings. The van der Waals surface area contributed by atoms with Crippen LogP contribution in [0.4, 0.5) is 0 Å². The minimum absolute atomic E-state index is 0.0185. The Morgan fingerprint density at radius 1 is 1.06 bits per heavy atom. The number of nitrogens with one attached hydrogen (secondary N) is 1. The average Bonchev–Trinajstić information content (AvgIpc) is 3.32. The highest BCUT2D eigenvalue weighted by Crippen LogP contribution is 2.25. The quantitative estimate of drug-likeness (QED) is 0.354. The maximum atomic E-state index is 13.3. The summed E-state index contributed by atoms with van der Waals surface area (Å²) in [4.78, 5) is 28.2. The van der Waals surface area contributed by atoms with Crippen molar-refractivity contribution < 1.29 is 9.59 Å². The summed E-state index contributed by atoms with van der Waals surface area (Å²) >= 11 is 14.0. The number of carbonyl (C=O) groups excluding carboxylic acids is 2. The first-order chi connectivity index (χ1) is 16.0. The molecular weight excluding hydrogens is 475 g/mol. The van der Waals surface area contributed by atoms with Gasteiger partial charge in [-0.25, -0.2) is 0 Å². The number of halogens is 2. The van der Waals surface area contributed by atoms with Gasteiger partial charge < -0.3 is 10.2 Å². The fourth-order valence-electron chi connectivity index (χ4n) is 4.19. The SMILES string of the molecule is CCC(C(=O)NC1CCCC1)N(Cc1ccc(Cl)c(Cl)c1)C(=O)CCSCc1ccccc1. The van der Waals surface area contributed by atoms with Gasteiger partial charge in [0, 0.05) is 30.5 Å². The first-order valence-electron chi connectivity index (χ1n) is 11.6. The van der Waals surface area contributed by atoms with Gasteiger partial charge in [0.2, 0.25) is 11.8 Å². The standard InChI is InChI=1S/C26H32Cl2N2O2S/c1-2-24(26(32)29-21-10-6-7-11-21)30(17-20-12-13-22(27)23(28)16-20)25(31)14-15-33-18-19-8-4-3-5-9-19/h3-5,8-9,12-13,16,21,24H,2,6-7,10-11,14-15,17-18H2,1H3,(H,29,32). The summed E-state index contributed by atoms with van der Waals surface area (Å²) in [6.07, 6.45) is 5.26. The second-order valence-electron chi connectivity index (χ2n) is 8.47. The van der Waals surface area contributed by atoms with E-state index in [0.717, 1.165) is 37.0 Å². The van der Waals surface area contributed by atoms with Crippen molar-refractivity contribution in [2.24, 2.45) is 0 Å². The Morgan fingerprint density at radius 2 is 1.79 bits per heavy atom. The van der Waals surface area contributed by atoms with E-state index >= 15 is 0 Å². The molecule has 178 valence electrons. The summed E-state index contributed by atoms with van der Waals surface area (Å²) in [7, 11) is 0. The van der Waals surface area contributed by atoms with E-state index in [9.17, 15) is 9.59 Å². The Morgan fingerprint density at radius 3 is 2.45 bits per heavy atom. The number of carbonyl (C=O) groups is 2. The average molecular weight is 508 g/mol. The van der Waals surface area contributed by atoms with Crippen LogP contribution < -0.4 is 5.32 Å². The highest BCUT2D eigenvalue weighted by atomic mass is 35.5. The van der Waals surface area contributed by atoms with Crippen LogP contribution in [0, 0.1) is 0 Å². The lowest BCUT2D eigenvalue weighted by Gasteiger charge is -2.31. The van der Waals surface area contributed by atoms with E-state index in [1.165, 1.54) is 5.56 Å². The van der Waals surface area contributed by atoms with E-state index in [1.54, 1.807) is 28.8 Å². The van der Waals surface area contributed by atoms with Crippen molar-refractivity contribution in [2.45, 2.75) is 69.8 Å². The van der Waals surface area contributed by atoms with Gasteiger partial charge in [0.05, 0.1) is 10.0 Å². The molecule has 1 unspecified atom stereocenters. The van der Waals surface area contributed by atoms with Crippen LogP contribution in [-0.2, 0) is 21.9 Å². The van der Waals surface area contributed by atoms with Crippen molar-refractivity contribution in [1.82, 2.24) is 10.2 Å². The van der Waals surface area contributed by atoms with Gasteiger partial charge in [0.15, 0.2) is 0 Å². The van der Waals surface area contributed by atoms with E-state index < -0.39 is 6.04 Å². The van der Waals surface area contributed by atoms with Crippen molar-refractivity contribution in [3.05, 3.63) is 69.7 Å². The lowest BCUT2D eigenvalue weighted by atomic mass is 10.1. The Kier molecular flexibility index (Phi) is 10.4. The molecule has 0 spiro atoms. The normalized spacial score (nSPS) is 14.8. The number of rotatable bonds is 11. The summed E-state index contributed by atoms with van der Waals surface area (Å²) in [6.45, 7) is 2.29. The monoisotopic (exact) mass is 506 g/mol. The summed E-state index contributed by atoms with van der Waals surface area (Å²) in [5.74, 6) is 1.48. The summed E-state index contributed by atoms with van der Waals surface area (Å²) in [6, 6.07) is 15.3. The number of benzene rings is 2. The zero-order valence-electron chi connectivity index (χ0n) is 19.1. The second-order valence-corrected chi connectivity index (χ2v) is 10.4. The summed E-state index contributed by atoms with van der Waals surface area (Å²) < 4.78 is 0. The van der Waals surface area contributed by atoms with Crippen LogP contribution in [0.2, 0.25) is 10.0 Å². The molecule has 7 heteroatoms. The number of amides is 2. The van der Waals surface area contributed by atoms with Crippen molar-refractivity contribution in [3.63, 3.8) is 0 Å². The molecule has 1 saturated carbocycles.